The fourth-order valence-electron chi connectivity index (χ4n) is 6.26. The highest BCUT2D eigenvalue weighted by Crippen LogP contribution is 2.45. The number of ether oxygens (including phenoxy) is 3. The highest BCUT2D eigenvalue weighted by atomic mass is 16.6. The minimum absolute atomic E-state index is 0.0195. The summed E-state index contributed by atoms with van der Waals surface area (Å²) in [6.07, 6.45) is 1.57. The Morgan fingerprint density at radius 2 is 1.53 bits per heavy atom. The van der Waals surface area contributed by atoms with E-state index in [1.54, 1.807) is 0 Å². The van der Waals surface area contributed by atoms with Crippen LogP contribution in [0.5, 0.6) is 0 Å². The van der Waals surface area contributed by atoms with E-state index < -0.39 is 0 Å². The lowest BCUT2D eigenvalue weighted by molar-refractivity contribution is -0.146. The summed E-state index contributed by atoms with van der Waals surface area (Å²) in [6, 6.07) is 16.5. The van der Waals surface area contributed by atoms with Crippen molar-refractivity contribution >= 4 is 11.9 Å². The van der Waals surface area contributed by atoms with Crippen LogP contribution in [0.25, 0.3) is 11.1 Å². The van der Waals surface area contributed by atoms with Crippen molar-refractivity contribution in [1.82, 2.24) is 4.90 Å². The molecular formula is C28H31NO5. The Bertz CT molecular complexity index is 1050. The second kappa shape index (κ2) is 8.51. The summed E-state index contributed by atoms with van der Waals surface area (Å²) in [7, 11) is 0. The van der Waals surface area contributed by atoms with Crippen molar-refractivity contribution in [2.24, 2.45) is 11.3 Å². The number of hydrogen-bond donors (Lipinski definition) is 0. The molecule has 3 fully saturated rings. The van der Waals surface area contributed by atoms with Gasteiger partial charge in [-0.3, -0.25) is 9.69 Å². The Morgan fingerprint density at radius 1 is 0.941 bits per heavy atom. The number of carbonyl (C=O) groups excluding carboxylic acids is 2. The van der Waals surface area contributed by atoms with E-state index in [2.05, 4.69) is 43.3 Å². The lowest BCUT2D eigenvalue weighted by atomic mass is 9.75. The number of ketones is 1. The molecule has 2 aromatic carbocycles. The summed E-state index contributed by atoms with van der Waals surface area (Å²) in [6.45, 7) is 4.67. The van der Waals surface area contributed by atoms with E-state index in [4.69, 9.17) is 14.2 Å². The van der Waals surface area contributed by atoms with Crippen molar-refractivity contribution in [3.63, 3.8) is 0 Å². The molecule has 4 aliphatic rings. The monoisotopic (exact) mass is 461 g/mol. The SMILES string of the molecule is CC1(CC(=O)C2CC3COCC(C2)N3C(=O)OCC2c3ccccc3-c3ccccc32)COC1. The van der Waals surface area contributed by atoms with Gasteiger partial charge >= 0.3 is 6.09 Å². The predicted octanol–water partition coefficient (Wildman–Crippen LogP) is 4.41. The Balaban J connectivity index is 1.14. The molecule has 3 heterocycles. The molecule has 2 bridgehead atoms. The van der Waals surface area contributed by atoms with Crippen LogP contribution in [0.3, 0.4) is 0 Å². The molecule has 0 N–H and O–H groups in total. The fraction of sp³-hybridized carbons (Fsp3) is 0.500. The van der Waals surface area contributed by atoms with Gasteiger partial charge in [-0.1, -0.05) is 55.5 Å². The zero-order valence-electron chi connectivity index (χ0n) is 19.6. The van der Waals surface area contributed by atoms with Crippen LogP contribution in [0.2, 0.25) is 0 Å². The van der Waals surface area contributed by atoms with Gasteiger partial charge in [-0.25, -0.2) is 4.79 Å². The molecule has 6 nitrogen and oxygen atoms in total. The minimum atomic E-state index is -0.287. The maximum atomic E-state index is 13.3. The number of hydrogen-bond acceptors (Lipinski definition) is 5. The minimum Gasteiger partial charge on any atom is -0.448 e. The smallest absolute Gasteiger partial charge is 0.410 e. The van der Waals surface area contributed by atoms with E-state index in [0.717, 1.165) is 0 Å². The topological polar surface area (TPSA) is 65.1 Å². The number of piperidine rings is 1. The predicted molar refractivity (Wildman–Crippen MR) is 127 cm³/mol. The standard InChI is InChI=1S/C28H31NO5/c1-28(16-33-17-28)12-26(30)18-10-19-13-32-14-20(11-18)29(19)27(31)34-15-25-23-8-4-2-6-21(23)22-7-3-5-9-24(22)25/h2-9,18-20,25H,10-17H2,1H3. The second-order valence-corrected chi connectivity index (χ2v) is 10.7. The highest BCUT2D eigenvalue weighted by Gasteiger charge is 2.46. The third kappa shape index (κ3) is 3.73. The second-order valence-electron chi connectivity index (χ2n) is 10.7. The molecule has 3 saturated heterocycles. The van der Waals surface area contributed by atoms with Crippen molar-refractivity contribution in [2.75, 3.05) is 33.0 Å². The van der Waals surface area contributed by atoms with Gasteiger partial charge in [0.1, 0.15) is 12.4 Å². The number of nitrogens with zero attached hydrogens (tertiary/aromatic N) is 1. The molecule has 6 heteroatoms. The molecular weight excluding hydrogens is 430 g/mol. The first-order chi connectivity index (χ1) is 16.5. The number of morpholine rings is 1. The third-order valence-corrected chi connectivity index (χ3v) is 8.02. The number of amides is 1. The van der Waals surface area contributed by atoms with Gasteiger partial charge in [-0.15, -0.1) is 0 Å². The molecule has 2 atom stereocenters. The largest absolute Gasteiger partial charge is 0.448 e. The molecule has 34 heavy (non-hydrogen) atoms. The van der Waals surface area contributed by atoms with E-state index in [-0.39, 0.29) is 35.4 Å². The van der Waals surface area contributed by atoms with E-state index in [1.165, 1.54) is 22.3 Å². The summed E-state index contributed by atoms with van der Waals surface area (Å²) >= 11 is 0. The van der Waals surface area contributed by atoms with Crippen molar-refractivity contribution in [1.29, 1.82) is 0 Å². The number of Topliss-reactive ketones (excluding diaryl/α,β-unsaturated/α-hetero) is 1. The number of carbonyl (C=O) groups is 2. The molecule has 1 amide bonds. The van der Waals surface area contributed by atoms with E-state index >= 15 is 0 Å². The molecule has 0 spiro atoms. The van der Waals surface area contributed by atoms with Crippen LogP contribution in [-0.4, -0.2) is 61.9 Å². The molecule has 2 unspecified atom stereocenters. The Kier molecular flexibility index (Phi) is 5.46. The lowest BCUT2D eigenvalue weighted by Gasteiger charge is -2.48. The molecule has 0 aromatic heterocycles. The fourth-order valence-corrected chi connectivity index (χ4v) is 6.26. The third-order valence-electron chi connectivity index (χ3n) is 8.02. The number of benzene rings is 2. The number of rotatable bonds is 5. The molecule has 0 saturated carbocycles. The van der Waals surface area contributed by atoms with Crippen LogP contribution in [0.15, 0.2) is 48.5 Å². The number of fused-ring (bicyclic) bond motifs is 5. The summed E-state index contributed by atoms with van der Waals surface area (Å²) < 4.78 is 17.0. The van der Waals surface area contributed by atoms with Gasteiger partial charge in [-0.05, 0) is 35.1 Å². The maximum absolute atomic E-state index is 13.3. The zero-order valence-corrected chi connectivity index (χ0v) is 19.6. The van der Waals surface area contributed by atoms with E-state index in [1.807, 2.05) is 17.0 Å². The Morgan fingerprint density at radius 3 is 2.09 bits per heavy atom. The Labute approximate surface area is 200 Å². The molecule has 6 rings (SSSR count). The summed E-state index contributed by atoms with van der Waals surface area (Å²) in [5.74, 6) is 0.320. The average Bonchev–Trinajstić information content (AvgIpc) is 3.14. The van der Waals surface area contributed by atoms with Gasteiger partial charge in [0.05, 0.1) is 38.5 Å². The molecule has 1 aliphatic carbocycles. The molecule has 178 valence electrons. The quantitative estimate of drug-likeness (QED) is 0.660. The van der Waals surface area contributed by atoms with Crippen LogP contribution in [-0.2, 0) is 19.0 Å². The van der Waals surface area contributed by atoms with E-state index in [0.29, 0.717) is 58.1 Å². The first-order valence-electron chi connectivity index (χ1n) is 12.3. The van der Waals surface area contributed by atoms with Crippen molar-refractivity contribution in [3.8, 4) is 11.1 Å². The summed E-state index contributed by atoms with van der Waals surface area (Å²) in [4.78, 5) is 28.2. The summed E-state index contributed by atoms with van der Waals surface area (Å²) in [5, 5.41) is 0. The van der Waals surface area contributed by atoms with Crippen LogP contribution < -0.4 is 0 Å². The maximum Gasteiger partial charge on any atom is 0.410 e. The average molecular weight is 462 g/mol. The van der Waals surface area contributed by atoms with Gasteiger partial charge in [0.2, 0.25) is 0 Å². The van der Waals surface area contributed by atoms with Crippen molar-refractivity contribution < 1.29 is 23.8 Å². The van der Waals surface area contributed by atoms with Crippen LogP contribution in [0.4, 0.5) is 4.79 Å². The van der Waals surface area contributed by atoms with E-state index in [9.17, 15) is 9.59 Å². The zero-order chi connectivity index (χ0) is 23.3. The molecule has 0 radical (unpaired) electrons. The van der Waals surface area contributed by atoms with Crippen LogP contribution in [0, 0.1) is 11.3 Å². The Hall–Kier alpha value is -2.70. The van der Waals surface area contributed by atoms with Gasteiger partial charge in [0.25, 0.3) is 0 Å². The first-order valence-corrected chi connectivity index (χ1v) is 12.3. The van der Waals surface area contributed by atoms with Crippen molar-refractivity contribution in [3.05, 3.63) is 59.7 Å². The van der Waals surface area contributed by atoms with Gasteiger partial charge in [0, 0.05) is 23.7 Å². The molecule has 3 aliphatic heterocycles. The normalized spacial score (nSPS) is 26.9. The lowest BCUT2D eigenvalue weighted by Crippen LogP contribution is -2.60. The van der Waals surface area contributed by atoms with Crippen molar-refractivity contribution in [2.45, 2.75) is 44.2 Å². The highest BCUT2D eigenvalue weighted by molar-refractivity contribution is 5.82. The molecule has 2 aromatic rings. The van der Waals surface area contributed by atoms with Gasteiger partial charge in [0.15, 0.2) is 0 Å². The van der Waals surface area contributed by atoms with Crippen LogP contribution >= 0.6 is 0 Å². The van der Waals surface area contributed by atoms with Gasteiger partial charge < -0.3 is 14.2 Å². The van der Waals surface area contributed by atoms with Gasteiger partial charge in [-0.2, -0.15) is 0 Å². The summed E-state index contributed by atoms with van der Waals surface area (Å²) in [5.41, 5.74) is 4.83. The van der Waals surface area contributed by atoms with Crippen LogP contribution in [0.1, 0.15) is 43.2 Å². The first kappa shape index (κ1) is 21.8.